The normalized spacial score (nSPS) is 10.4. The van der Waals surface area contributed by atoms with Gasteiger partial charge in [-0.25, -0.2) is 0 Å². The Morgan fingerprint density at radius 3 is 1.94 bits per heavy atom. The van der Waals surface area contributed by atoms with Crippen molar-refractivity contribution in [2.75, 3.05) is 0 Å². The van der Waals surface area contributed by atoms with Crippen LogP contribution in [0.4, 0.5) is 0 Å². The predicted molar refractivity (Wildman–Crippen MR) is 69.8 cm³/mol. The fraction of sp³-hybridized carbons (Fsp3) is 0.0769. The third-order valence-electron chi connectivity index (χ3n) is 2.44. The van der Waals surface area contributed by atoms with Crippen LogP contribution in [0, 0.1) is 0 Å². The number of halogens is 2. The van der Waals surface area contributed by atoms with E-state index in [9.17, 15) is 0 Å². The first kappa shape index (κ1) is 11.5. The maximum absolute atomic E-state index is 6.13. The second-order valence-corrected chi connectivity index (χ2v) is 4.31. The molecule has 0 bridgehead atoms. The molecule has 0 aliphatic rings. The summed E-state index contributed by atoms with van der Waals surface area (Å²) in [6.45, 7) is 0.538. The first-order chi connectivity index (χ1) is 7.72. The summed E-state index contributed by atoms with van der Waals surface area (Å²) >= 11 is 12.3. The lowest BCUT2D eigenvalue weighted by Crippen LogP contribution is -1.95. The van der Waals surface area contributed by atoms with Crippen molar-refractivity contribution in [1.29, 1.82) is 0 Å². The lowest BCUT2D eigenvalue weighted by molar-refractivity contribution is 1.07. The molecule has 0 heterocycles. The van der Waals surface area contributed by atoms with Crippen molar-refractivity contribution in [2.45, 2.75) is 6.54 Å². The van der Waals surface area contributed by atoms with Gasteiger partial charge in [-0.3, -0.25) is 0 Å². The van der Waals surface area contributed by atoms with Gasteiger partial charge in [-0.05, 0) is 23.3 Å². The molecule has 0 saturated heterocycles. The lowest BCUT2D eigenvalue weighted by Gasteiger charge is -2.07. The Morgan fingerprint density at radius 2 is 1.44 bits per heavy atom. The third-order valence-corrected chi connectivity index (χ3v) is 3.07. The Hall–Kier alpha value is -1.02. The molecule has 0 saturated carbocycles. The number of hydrogen-bond acceptors (Lipinski definition) is 1. The Labute approximate surface area is 105 Å². The van der Waals surface area contributed by atoms with Gasteiger partial charge in [0.2, 0.25) is 0 Å². The van der Waals surface area contributed by atoms with E-state index in [-0.39, 0.29) is 0 Å². The van der Waals surface area contributed by atoms with Crippen molar-refractivity contribution >= 4 is 23.2 Å². The molecule has 0 fully saturated rings. The van der Waals surface area contributed by atoms with Gasteiger partial charge in [0, 0.05) is 22.2 Å². The van der Waals surface area contributed by atoms with Crippen LogP contribution >= 0.6 is 23.2 Å². The average Bonchev–Trinajstić information content (AvgIpc) is 2.30. The molecule has 16 heavy (non-hydrogen) atoms. The maximum Gasteiger partial charge on any atom is 0.0499 e. The van der Waals surface area contributed by atoms with E-state index in [1.165, 1.54) is 0 Å². The Kier molecular flexibility index (Phi) is 3.49. The standard InChI is InChI=1S/C13H11Cl2N/c14-11-2-1-3-12(15)13(11)10-6-4-9(8-16)5-7-10/h1-7H,8,16H2. The molecular weight excluding hydrogens is 241 g/mol. The predicted octanol–water partition coefficient (Wildman–Crippen LogP) is 4.12. The summed E-state index contributed by atoms with van der Waals surface area (Å²) in [5.41, 5.74) is 8.51. The minimum atomic E-state index is 0.538. The smallest absolute Gasteiger partial charge is 0.0499 e. The molecule has 0 atom stereocenters. The van der Waals surface area contributed by atoms with Crippen molar-refractivity contribution in [3.8, 4) is 11.1 Å². The summed E-state index contributed by atoms with van der Waals surface area (Å²) in [6.07, 6.45) is 0. The van der Waals surface area contributed by atoms with Gasteiger partial charge < -0.3 is 5.73 Å². The maximum atomic E-state index is 6.13. The Morgan fingerprint density at radius 1 is 0.875 bits per heavy atom. The van der Waals surface area contributed by atoms with E-state index in [0.717, 1.165) is 16.7 Å². The lowest BCUT2D eigenvalue weighted by atomic mass is 10.0. The van der Waals surface area contributed by atoms with Crippen LogP contribution in [0.5, 0.6) is 0 Å². The van der Waals surface area contributed by atoms with E-state index in [2.05, 4.69) is 0 Å². The van der Waals surface area contributed by atoms with Crippen LogP contribution in [-0.2, 0) is 6.54 Å². The molecular formula is C13H11Cl2N. The zero-order chi connectivity index (χ0) is 11.5. The molecule has 82 valence electrons. The molecule has 0 amide bonds. The number of hydrogen-bond donors (Lipinski definition) is 1. The Balaban J connectivity index is 2.50. The highest BCUT2D eigenvalue weighted by molar-refractivity contribution is 6.39. The fourth-order valence-electron chi connectivity index (χ4n) is 1.58. The molecule has 3 heteroatoms. The van der Waals surface area contributed by atoms with Crippen LogP contribution in [0.3, 0.4) is 0 Å². The van der Waals surface area contributed by atoms with Gasteiger partial charge >= 0.3 is 0 Å². The van der Waals surface area contributed by atoms with Gasteiger partial charge in [0.25, 0.3) is 0 Å². The van der Waals surface area contributed by atoms with Gasteiger partial charge in [0.05, 0.1) is 0 Å². The van der Waals surface area contributed by atoms with E-state index < -0.39 is 0 Å². The summed E-state index contributed by atoms with van der Waals surface area (Å²) in [5.74, 6) is 0. The van der Waals surface area contributed by atoms with E-state index in [1.807, 2.05) is 42.5 Å². The zero-order valence-corrected chi connectivity index (χ0v) is 10.1. The monoisotopic (exact) mass is 251 g/mol. The SMILES string of the molecule is NCc1ccc(-c2c(Cl)cccc2Cl)cc1. The molecule has 2 aromatic rings. The van der Waals surface area contributed by atoms with Crippen molar-refractivity contribution in [2.24, 2.45) is 5.73 Å². The van der Waals surface area contributed by atoms with Gasteiger partial charge in [0.15, 0.2) is 0 Å². The first-order valence-electron chi connectivity index (χ1n) is 4.96. The molecule has 1 nitrogen and oxygen atoms in total. The number of nitrogens with two attached hydrogens (primary N) is 1. The van der Waals surface area contributed by atoms with Crippen LogP contribution in [0.15, 0.2) is 42.5 Å². The van der Waals surface area contributed by atoms with Gasteiger partial charge in [-0.1, -0.05) is 53.5 Å². The van der Waals surface area contributed by atoms with Crippen molar-refractivity contribution in [1.82, 2.24) is 0 Å². The molecule has 0 spiro atoms. The molecule has 0 aromatic heterocycles. The van der Waals surface area contributed by atoms with Crippen LogP contribution in [0.1, 0.15) is 5.56 Å². The minimum absolute atomic E-state index is 0.538. The minimum Gasteiger partial charge on any atom is -0.326 e. The van der Waals surface area contributed by atoms with E-state index in [4.69, 9.17) is 28.9 Å². The highest BCUT2D eigenvalue weighted by Crippen LogP contribution is 2.34. The summed E-state index contributed by atoms with van der Waals surface area (Å²) in [7, 11) is 0. The van der Waals surface area contributed by atoms with E-state index in [0.29, 0.717) is 16.6 Å². The molecule has 0 aliphatic carbocycles. The second-order valence-electron chi connectivity index (χ2n) is 3.50. The third kappa shape index (κ3) is 2.22. The van der Waals surface area contributed by atoms with E-state index in [1.54, 1.807) is 0 Å². The Bertz CT molecular complexity index is 472. The summed E-state index contributed by atoms with van der Waals surface area (Å²) in [5, 5.41) is 1.32. The topological polar surface area (TPSA) is 26.0 Å². The van der Waals surface area contributed by atoms with Gasteiger partial charge in [-0.2, -0.15) is 0 Å². The summed E-state index contributed by atoms with van der Waals surface area (Å²) in [4.78, 5) is 0. The molecule has 0 radical (unpaired) electrons. The first-order valence-corrected chi connectivity index (χ1v) is 5.71. The quantitative estimate of drug-likeness (QED) is 0.854. The molecule has 2 aromatic carbocycles. The second kappa shape index (κ2) is 4.88. The molecule has 0 aliphatic heterocycles. The van der Waals surface area contributed by atoms with Crippen LogP contribution in [0.2, 0.25) is 10.0 Å². The number of rotatable bonds is 2. The number of benzene rings is 2. The highest BCUT2D eigenvalue weighted by atomic mass is 35.5. The largest absolute Gasteiger partial charge is 0.326 e. The summed E-state index contributed by atoms with van der Waals surface area (Å²) in [6, 6.07) is 13.4. The van der Waals surface area contributed by atoms with Crippen molar-refractivity contribution < 1.29 is 0 Å². The average molecular weight is 252 g/mol. The van der Waals surface area contributed by atoms with E-state index >= 15 is 0 Å². The molecule has 2 rings (SSSR count). The zero-order valence-electron chi connectivity index (χ0n) is 8.58. The van der Waals surface area contributed by atoms with Gasteiger partial charge in [0.1, 0.15) is 0 Å². The van der Waals surface area contributed by atoms with Crippen LogP contribution in [-0.4, -0.2) is 0 Å². The van der Waals surface area contributed by atoms with Crippen LogP contribution < -0.4 is 5.73 Å². The fourth-order valence-corrected chi connectivity index (χ4v) is 2.20. The summed E-state index contributed by atoms with van der Waals surface area (Å²) < 4.78 is 0. The molecule has 0 unspecified atom stereocenters. The van der Waals surface area contributed by atoms with Crippen LogP contribution in [0.25, 0.3) is 11.1 Å². The highest BCUT2D eigenvalue weighted by Gasteiger charge is 2.07. The van der Waals surface area contributed by atoms with Crippen molar-refractivity contribution in [3.05, 3.63) is 58.1 Å². The van der Waals surface area contributed by atoms with Crippen molar-refractivity contribution in [3.63, 3.8) is 0 Å². The van der Waals surface area contributed by atoms with Gasteiger partial charge in [-0.15, -0.1) is 0 Å². The molecule has 2 N–H and O–H groups in total.